The fourth-order valence-corrected chi connectivity index (χ4v) is 6.45. The minimum Gasteiger partial charge on any atom is -0.465 e. The Morgan fingerprint density at radius 1 is 1.16 bits per heavy atom. The first-order valence-corrected chi connectivity index (χ1v) is 13.5. The Bertz CT molecular complexity index is 977. The average Bonchev–Trinajstić information content (AvgIpc) is 3.33. The molecule has 4 rings (SSSR count). The quantitative estimate of drug-likeness (QED) is 0.479. The van der Waals surface area contributed by atoms with E-state index in [1.807, 2.05) is 0 Å². The molecule has 0 spiro atoms. The van der Waals surface area contributed by atoms with Gasteiger partial charge in [0.1, 0.15) is 0 Å². The first kappa shape index (κ1) is 27.9. The summed E-state index contributed by atoms with van der Waals surface area (Å²) in [5.74, 6) is -0.168. The van der Waals surface area contributed by atoms with E-state index in [4.69, 9.17) is 9.47 Å². The number of carbonyl (C=O) groups excluding carboxylic acids is 2. The summed E-state index contributed by atoms with van der Waals surface area (Å²) in [7, 11) is 0. The predicted octanol–water partition coefficient (Wildman–Crippen LogP) is 4.83. The van der Waals surface area contributed by atoms with Gasteiger partial charge in [0.05, 0.1) is 24.1 Å². The molecule has 1 aromatic carbocycles. The fourth-order valence-electron chi connectivity index (χ4n) is 6.45. The van der Waals surface area contributed by atoms with E-state index in [9.17, 15) is 22.8 Å². The minimum absolute atomic E-state index is 0.0242. The Morgan fingerprint density at radius 2 is 1.89 bits per heavy atom. The smallest absolute Gasteiger partial charge is 0.416 e. The van der Waals surface area contributed by atoms with Gasteiger partial charge in [-0.05, 0) is 74.6 Å². The topological polar surface area (TPSA) is 59.1 Å². The van der Waals surface area contributed by atoms with Gasteiger partial charge in [-0.25, -0.2) is 0 Å². The molecule has 1 aliphatic carbocycles. The largest absolute Gasteiger partial charge is 0.465 e. The first-order chi connectivity index (χ1) is 17.5. The van der Waals surface area contributed by atoms with Crippen LogP contribution < -0.4 is 0 Å². The van der Waals surface area contributed by atoms with E-state index in [1.165, 1.54) is 6.07 Å². The van der Waals surface area contributed by atoms with Crippen LogP contribution >= 0.6 is 0 Å². The highest BCUT2D eigenvalue weighted by Crippen LogP contribution is 2.48. The molecule has 0 radical (unpaired) electrons. The summed E-state index contributed by atoms with van der Waals surface area (Å²) in [6, 6.07) is 4.13. The molecule has 1 saturated heterocycles. The van der Waals surface area contributed by atoms with Crippen LogP contribution in [0.2, 0.25) is 0 Å². The second kappa shape index (κ2) is 11.3. The van der Waals surface area contributed by atoms with Crippen LogP contribution in [0.3, 0.4) is 0 Å². The molecule has 0 unspecified atom stereocenters. The van der Waals surface area contributed by atoms with E-state index >= 15 is 0 Å². The summed E-state index contributed by atoms with van der Waals surface area (Å²) in [5, 5.41) is 0. The van der Waals surface area contributed by atoms with Crippen molar-refractivity contribution in [2.75, 3.05) is 32.9 Å². The van der Waals surface area contributed by atoms with E-state index < -0.39 is 17.2 Å². The molecule has 37 heavy (non-hydrogen) atoms. The van der Waals surface area contributed by atoms with Crippen LogP contribution in [0.5, 0.6) is 0 Å². The van der Waals surface area contributed by atoms with Gasteiger partial charge >= 0.3 is 12.1 Å². The van der Waals surface area contributed by atoms with Gasteiger partial charge in [-0.1, -0.05) is 19.9 Å². The van der Waals surface area contributed by atoms with Crippen molar-refractivity contribution in [1.29, 1.82) is 0 Å². The monoisotopic (exact) mass is 524 g/mol. The Kier molecular flexibility index (Phi) is 8.53. The minimum atomic E-state index is -4.41. The molecule has 206 valence electrons. The zero-order valence-corrected chi connectivity index (χ0v) is 22.1. The molecule has 6 nitrogen and oxygen atoms in total. The lowest BCUT2D eigenvalue weighted by atomic mass is 9.73. The number of hydrogen-bond donors (Lipinski definition) is 0. The van der Waals surface area contributed by atoms with E-state index in [2.05, 4.69) is 18.7 Å². The molecule has 2 heterocycles. The number of carbonyl (C=O) groups is 2. The van der Waals surface area contributed by atoms with Crippen molar-refractivity contribution >= 4 is 11.9 Å². The second-order valence-electron chi connectivity index (χ2n) is 11.0. The van der Waals surface area contributed by atoms with Crippen LogP contribution in [0.25, 0.3) is 0 Å². The standard InChI is InChI=1S/C28H39F3N2O4/c1-4-37-25(34)18-33(23-9-13-36-14-10-23)24-7-11-27(16-24,19(2)3)26(35)32-12-8-20-5-6-22(28(29,30)31)15-21(20)17-32/h5-6,15,19,23-24H,4,7-14,16-18H2,1-3H3/t24-,27+/m1/s1. The summed E-state index contributed by atoms with van der Waals surface area (Å²) in [4.78, 5) is 30.6. The lowest BCUT2D eigenvalue weighted by Gasteiger charge is -2.41. The number of amides is 1. The van der Waals surface area contributed by atoms with E-state index in [0.29, 0.717) is 51.2 Å². The van der Waals surface area contributed by atoms with Crippen LogP contribution in [0, 0.1) is 11.3 Å². The third-order valence-electron chi connectivity index (χ3n) is 8.63. The Balaban J connectivity index is 1.54. The van der Waals surface area contributed by atoms with Gasteiger partial charge < -0.3 is 14.4 Å². The molecule has 2 fully saturated rings. The van der Waals surface area contributed by atoms with Gasteiger partial charge in [0.25, 0.3) is 0 Å². The van der Waals surface area contributed by atoms with Crippen molar-refractivity contribution in [3.05, 3.63) is 34.9 Å². The maximum atomic E-state index is 14.1. The van der Waals surface area contributed by atoms with Crippen molar-refractivity contribution < 1.29 is 32.2 Å². The number of hydrogen-bond acceptors (Lipinski definition) is 5. The molecule has 0 bridgehead atoms. The zero-order chi connectivity index (χ0) is 26.8. The number of fused-ring (bicyclic) bond motifs is 1. The summed E-state index contributed by atoms with van der Waals surface area (Å²) >= 11 is 0. The summed E-state index contributed by atoms with van der Waals surface area (Å²) in [6.45, 7) is 8.44. The Hall–Kier alpha value is -2.13. The molecule has 3 aliphatic rings. The van der Waals surface area contributed by atoms with Gasteiger partial charge in [-0.2, -0.15) is 13.2 Å². The van der Waals surface area contributed by atoms with E-state index in [-0.39, 0.29) is 43.0 Å². The Labute approximate surface area is 217 Å². The van der Waals surface area contributed by atoms with E-state index in [1.54, 1.807) is 17.9 Å². The van der Waals surface area contributed by atoms with Crippen molar-refractivity contribution in [2.24, 2.45) is 11.3 Å². The number of nitrogens with zero attached hydrogens (tertiary/aromatic N) is 2. The van der Waals surface area contributed by atoms with Gasteiger partial charge in [0, 0.05) is 38.4 Å². The van der Waals surface area contributed by atoms with Gasteiger partial charge in [-0.3, -0.25) is 14.5 Å². The van der Waals surface area contributed by atoms with Crippen molar-refractivity contribution in [1.82, 2.24) is 9.80 Å². The number of rotatable bonds is 7. The second-order valence-corrected chi connectivity index (χ2v) is 11.0. The van der Waals surface area contributed by atoms with Gasteiger partial charge in [0.15, 0.2) is 0 Å². The third-order valence-corrected chi connectivity index (χ3v) is 8.63. The maximum Gasteiger partial charge on any atom is 0.416 e. The molecule has 0 aromatic heterocycles. The SMILES string of the molecule is CCOC(=O)CN(C1CCOCC1)[C@@H]1CC[C@@](C(=O)N2CCc3ccc(C(F)(F)F)cc3C2)(C(C)C)C1. The lowest BCUT2D eigenvalue weighted by Crippen LogP contribution is -2.51. The number of esters is 1. The molecular weight excluding hydrogens is 485 g/mol. The zero-order valence-electron chi connectivity index (χ0n) is 22.1. The summed E-state index contributed by atoms with van der Waals surface area (Å²) < 4.78 is 50.7. The van der Waals surface area contributed by atoms with Crippen LogP contribution in [-0.2, 0) is 38.2 Å². The van der Waals surface area contributed by atoms with Crippen molar-refractivity contribution in [2.45, 2.75) is 84.1 Å². The Morgan fingerprint density at radius 3 is 2.54 bits per heavy atom. The highest BCUT2D eigenvalue weighted by atomic mass is 19.4. The van der Waals surface area contributed by atoms with Crippen LogP contribution in [-0.4, -0.2) is 66.7 Å². The molecule has 1 aromatic rings. The molecule has 0 N–H and O–H groups in total. The molecule has 1 saturated carbocycles. The maximum absolute atomic E-state index is 14.1. The molecule has 2 aliphatic heterocycles. The highest BCUT2D eigenvalue weighted by Gasteiger charge is 2.51. The third kappa shape index (κ3) is 5.98. The summed E-state index contributed by atoms with van der Waals surface area (Å²) in [5.41, 5.74) is 0.169. The average molecular weight is 525 g/mol. The number of benzene rings is 1. The van der Waals surface area contributed by atoms with Crippen molar-refractivity contribution in [3.63, 3.8) is 0 Å². The molecular formula is C28H39F3N2O4. The number of alkyl halides is 3. The van der Waals surface area contributed by atoms with Crippen molar-refractivity contribution in [3.8, 4) is 0 Å². The fraction of sp³-hybridized carbons (Fsp3) is 0.714. The molecule has 1 amide bonds. The predicted molar refractivity (Wildman–Crippen MR) is 133 cm³/mol. The van der Waals surface area contributed by atoms with Crippen LogP contribution in [0.4, 0.5) is 13.2 Å². The summed E-state index contributed by atoms with van der Waals surface area (Å²) in [6.07, 6.45) is -0.0658. The van der Waals surface area contributed by atoms with Crippen LogP contribution in [0.1, 0.15) is 69.6 Å². The van der Waals surface area contributed by atoms with Gasteiger partial charge in [0.2, 0.25) is 5.91 Å². The number of ether oxygens (including phenoxy) is 2. The first-order valence-electron chi connectivity index (χ1n) is 13.5. The number of halogens is 3. The normalized spacial score (nSPS) is 25.0. The van der Waals surface area contributed by atoms with Crippen LogP contribution in [0.15, 0.2) is 18.2 Å². The molecule has 2 atom stereocenters. The molecule has 9 heteroatoms. The van der Waals surface area contributed by atoms with E-state index in [0.717, 1.165) is 30.9 Å². The highest BCUT2D eigenvalue weighted by molar-refractivity contribution is 5.84. The lowest BCUT2D eigenvalue weighted by molar-refractivity contribution is -0.147. The van der Waals surface area contributed by atoms with Gasteiger partial charge in [-0.15, -0.1) is 0 Å².